The Labute approximate surface area is 210 Å². The van der Waals surface area contributed by atoms with E-state index in [2.05, 4.69) is 27.1 Å². The van der Waals surface area contributed by atoms with E-state index in [-0.39, 0.29) is 12.2 Å². The van der Waals surface area contributed by atoms with Crippen LogP contribution in [0.3, 0.4) is 0 Å². The number of hydrogen-bond donors (Lipinski definition) is 1. The van der Waals surface area contributed by atoms with Crippen LogP contribution in [0, 0.1) is 0 Å². The minimum atomic E-state index is -0.619. The molecule has 2 aromatic heterocycles. The van der Waals surface area contributed by atoms with Crippen molar-refractivity contribution in [2.24, 2.45) is 0 Å². The van der Waals surface area contributed by atoms with Gasteiger partial charge < -0.3 is 14.5 Å². The van der Waals surface area contributed by atoms with E-state index in [0.29, 0.717) is 11.4 Å². The molecular formula is C27H32N4O3S. The van der Waals surface area contributed by atoms with E-state index in [1.54, 1.807) is 23.6 Å². The lowest BCUT2D eigenvalue weighted by Gasteiger charge is -2.33. The van der Waals surface area contributed by atoms with Gasteiger partial charge in [0.15, 0.2) is 5.78 Å². The number of thiophene rings is 1. The van der Waals surface area contributed by atoms with Gasteiger partial charge in [-0.3, -0.25) is 15.1 Å². The van der Waals surface area contributed by atoms with E-state index < -0.39 is 11.7 Å². The zero-order valence-corrected chi connectivity index (χ0v) is 21.5. The monoisotopic (exact) mass is 492 g/mol. The van der Waals surface area contributed by atoms with Crippen LogP contribution in [0.2, 0.25) is 0 Å². The molecule has 3 heterocycles. The standard InChI is InChI=1S/C27H32N4O3S/c1-27(2,3)34-26(33)29-22-9-7-19(25-6-5-15-35-25)16-20(22)17-24(32)23-10-8-21(18-28-23)31-13-11-30(4)12-14-31/h5-10,15-16,18H,11-14,17H2,1-4H3,(H,29,33). The smallest absolute Gasteiger partial charge is 0.412 e. The van der Waals surface area contributed by atoms with Gasteiger partial charge in [-0.1, -0.05) is 12.1 Å². The lowest BCUT2D eigenvalue weighted by atomic mass is 10.0. The third-order valence-electron chi connectivity index (χ3n) is 5.80. The molecule has 7 nitrogen and oxygen atoms in total. The van der Waals surface area contributed by atoms with Gasteiger partial charge in [-0.2, -0.15) is 0 Å². The second-order valence-corrected chi connectivity index (χ2v) is 10.7. The summed E-state index contributed by atoms with van der Waals surface area (Å²) in [7, 11) is 2.12. The van der Waals surface area contributed by atoms with Gasteiger partial charge in [-0.05, 0) is 74.7 Å². The van der Waals surface area contributed by atoms with Gasteiger partial charge in [-0.15, -0.1) is 11.3 Å². The molecule has 3 aromatic rings. The molecule has 0 bridgehead atoms. The van der Waals surface area contributed by atoms with E-state index in [9.17, 15) is 9.59 Å². The van der Waals surface area contributed by atoms with Crippen molar-refractivity contribution in [1.29, 1.82) is 0 Å². The fraction of sp³-hybridized carbons (Fsp3) is 0.370. The molecule has 0 atom stereocenters. The predicted molar refractivity (Wildman–Crippen MR) is 142 cm³/mol. The first-order valence-corrected chi connectivity index (χ1v) is 12.7. The molecule has 1 aliphatic rings. The molecule has 35 heavy (non-hydrogen) atoms. The van der Waals surface area contributed by atoms with Crippen molar-refractivity contribution in [2.75, 3.05) is 43.4 Å². The first-order valence-electron chi connectivity index (χ1n) is 11.8. The molecule has 4 rings (SSSR count). The van der Waals surface area contributed by atoms with Crippen LogP contribution in [0.1, 0.15) is 36.8 Å². The number of Topliss-reactive ketones (excluding diaryl/α,β-unsaturated/α-hetero) is 1. The summed E-state index contributed by atoms with van der Waals surface area (Å²) >= 11 is 1.63. The van der Waals surface area contributed by atoms with Crippen LogP contribution < -0.4 is 10.2 Å². The number of amides is 1. The first-order chi connectivity index (χ1) is 16.7. The molecule has 0 aliphatic carbocycles. The van der Waals surface area contributed by atoms with Crippen molar-refractivity contribution in [3.63, 3.8) is 0 Å². The third-order valence-corrected chi connectivity index (χ3v) is 6.72. The first kappa shape index (κ1) is 24.9. The van der Waals surface area contributed by atoms with Crippen molar-refractivity contribution >= 4 is 34.6 Å². The number of likely N-dealkylation sites (N-methyl/N-ethyl adjacent to an activating group) is 1. The molecule has 184 valence electrons. The van der Waals surface area contributed by atoms with E-state index >= 15 is 0 Å². The highest BCUT2D eigenvalue weighted by Gasteiger charge is 2.20. The number of nitrogens with zero attached hydrogens (tertiary/aromatic N) is 3. The third kappa shape index (κ3) is 6.68. The van der Waals surface area contributed by atoms with E-state index in [1.165, 1.54) is 0 Å². The highest BCUT2D eigenvalue weighted by atomic mass is 32.1. The molecule has 0 saturated carbocycles. The summed E-state index contributed by atoms with van der Waals surface area (Å²) in [5.74, 6) is -0.106. The number of carbonyl (C=O) groups excluding carboxylic acids is 2. The van der Waals surface area contributed by atoms with Gasteiger partial charge in [0.2, 0.25) is 0 Å². The molecule has 1 amide bonds. The summed E-state index contributed by atoms with van der Waals surface area (Å²) in [6.07, 6.45) is 1.34. The number of carbonyl (C=O) groups is 2. The summed E-state index contributed by atoms with van der Waals surface area (Å²) in [6, 6.07) is 13.5. The Morgan fingerprint density at radius 1 is 1.09 bits per heavy atom. The summed E-state index contributed by atoms with van der Waals surface area (Å²) in [5, 5.41) is 4.82. The lowest BCUT2D eigenvalue weighted by molar-refractivity contribution is 0.0635. The molecule has 1 saturated heterocycles. The average molecular weight is 493 g/mol. The zero-order valence-electron chi connectivity index (χ0n) is 20.7. The van der Waals surface area contributed by atoms with E-state index in [0.717, 1.165) is 47.9 Å². The summed E-state index contributed by atoms with van der Waals surface area (Å²) in [4.78, 5) is 35.8. The van der Waals surface area contributed by atoms with Gasteiger partial charge >= 0.3 is 6.09 Å². The van der Waals surface area contributed by atoms with E-state index in [1.807, 2.05) is 62.5 Å². The summed E-state index contributed by atoms with van der Waals surface area (Å²) in [5.41, 5.74) is 3.09. The highest BCUT2D eigenvalue weighted by molar-refractivity contribution is 7.13. The van der Waals surface area contributed by atoms with Gasteiger partial charge in [0.25, 0.3) is 0 Å². The SMILES string of the molecule is CN1CCN(c2ccc(C(=O)Cc3cc(-c4cccs4)ccc3NC(=O)OC(C)(C)C)nc2)CC1. The number of aromatic nitrogens is 1. The fourth-order valence-electron chi connectivity index (χ4n) is 3.94. The highest BCUT2D eigenvalue weighted by Crippen LogP contribution is 2.30. The van der Waals surface area contributed by atoms with Crippen LogP contribution in [-0.4, -0.2) is 60.6 Å². The maximum atomic E-state index is 13.2. The second-order valence-electron chi connectivity index (χ2n) is 9.77. The topological polar surface area (TPSA) is 74.8 Å². The quantitative estimate of drug-likeness (QED) is 0.469. The number of pyridine rings is 1. The van der Waals surface area contributed by atoms with Crippen LogP contribution >= 0.6 is 11.3 Å². The van der Waals surface area contributed by atoms with Crippen molar-refractivity contribution < 1.29 is 14.3 Å². The summed E-state index contributed by atoms with van der Waals surface area (Å²) in [6.45, 7) is 9.35. The summed E-state index contributed by atoms with van der Waals surface area (Å²) < 4.78 is 5.41. The Kier molecular flexibility index (Phi) is 7.52. The Balaban J connectivity index is 1.53. The number of rotatable bonds is 6. The van der Waals surface area contributed by atoms with Crippen molar-refractivity contribution in [3.8, 4) is 10.4 Å². The van der Waals surface area contributed by atoms with Crippen LogP contribution in [0.4, 0.5) is 16.2 Å². The molecule has 0 unspecified atom stereocenters. The Morgan fingerprint density at radius 3 is 2.49 bits per heavy atom. The number of benzene rings is 1. The van der Waals surface area contributed by atoms with Gasteiger partial charge in [0.05, 0.1) is 11.9 Å². The van der Waals surface area contributed by atoms with E-state index in [4.69, 9.17) is 4.74 Å². The Bertz CT molecular complexity index is 1160. The number of hydrogen-bond acceptors (Lipinski definition) is 7. The maximum absolute atomic E-state index is 13.2. The number of piperazine rings is 1. The fourth-order valence-corrected chi connectivity index (χ4v) is 4.66. The molecule has 1 aliphatic heterocycles. The molecule has 1 aromatic carbocycles. The zero-order chi connectivity index (χ0) is 25.0. The van der Waals surface area contributed by atoms with Gasteiger partial charge in [0, 0.05) is 43.2 Å². The average Bonchev–Trinajstić information content (AvgIpc) is 3.35. The number of ether oxygens (including phenoxy) is 1. The van der Waals surface area contributed by atoms with Crippen molar-refractivity contribution in [1.82, 2.24) is 9.88 Å². The molecule has 0 radical (unpaired) electrons. The van der Waals surface area contributed by atoms with Crippen LogP contribution in [0.15, 0.2) is 54.0 Å². The Morgan fingerprint density at radius 2 is 1.86 bits per heavy atom. The minimum absolute atomic E-state index is 0.106. The van der Waals surface area contributed by atoms with Crippen LogP contribution in [-0.2, 0) is 11.2 Å². The molecule has 1 fully saturated rings. The number of nitrogens with one attached hydrogen (secondary N) is 1. The number of ketones is 1. The maximum Gasteiger partial charge on any atom is 0.412 e. The Hall–Kier alpha value is -3.23. The minimum Gasteiger partial charge on any atom is -0.444 e. The van der Waals surface area contributed by atoms with Gasteiger partial charge in [0.1, 0.15) is 11.3 Å². The molecular weight excluding hydrogens is 460 g/mol. The van der Waals surface area contributed by atoms with Crippen LogP contribution in [0.5, 0.6) is 0 Å². The van der Waals surface area contributed by atoms with Gasteiger partial charge in [-0.25, -0.2) is 4.79 Å². The van der Waals surface area contributed by atoms with Crippen molar-refractivity contribution in [2.45, 2.75) is 32.8 Å². The second kappa shape index (κ2) is 10.6. The lowest BCUT2D eigenvalue weighted by Crippen LogP contribution is -2.44. The normalized spacial score (nSPS) is 14.6. The molecule has 0 spiro atoms. The predicted octanol–water partition coefficient (Wildman–Crippen LogP) is 5.33. The molecule has 8 heteroatoms. The number of anilines is 2. The van der Waals surface area contributed by atoms with Crippen molar-refractivity contribution in [3.05, 3.63) is 65.3 Å². The molecule has 1 N–H and O–H groups in total. The van der Waals surface area contributed by atoms with Crippen LogP contribution in [0.25, 0.3) is 10.4 Å². The largest absolute Gasteiger partial charge is 0.444 e.